The average Bonchev–Trinajstić information content (AvgIpc) is 2.12. The molecule has 0 fully saturated rings. The summed E-state index contributed by atoms with van der Waals surface area (Å²) >= 11 is 11.7. The number of nitrogens with two attached hydrogens (primary N) is 1. The Kier molecular flexibility index (Phi) is 4.75. The molecule has 90 valence electrons. The topological polar surface area (TPSA) is 35.2 Å². The molecule has 1 unspecified atom stereocenters. The smallest absolute Gasteiger partial charge is 0.144 e. The van der Waals surface area contributed by atoms with E-state index in [1.54, 1.807) is 12.1 Å². The maximum absolute atomic E-state index is 5.91. The van der Waals surface area contributed by atoms with Gasteiger partial charge in [-0.2, -0.15) is 0 Å². The van der Waals surface area contributed by atoms with Crippen molar-refractivity contribution >= 4 is 28.9 Å². The fourth-order valence-electron chi connectivity index (χ4n) is 1.57. The van der Waals surface area contributed by atoms with Crippen LogP contribution in [0.2, 0.25) is 10.0 Å². The molecule has 0 aliphatic carbocycles. The second-order valence-corrected chi connectivity index (χ2v) is 5.18. The van der Waals surface area contributed by atoms with Crippen LogP contribution >= 0.6 is 23.2 Å². The lowest BCUT2D eigenvalue weighted by atomic mass is 10.1. The largest absolute Gasteiger partial charge is 0.488 e. The molecule has 0 bridgehead atoms. The van der Waals surface area contributed by atoms with Crippen LogP contribution in [0.4, 0.5) is 5.69 Å². The summed E-state index contributed by atoms with van der Waals surface area (Å²) in [6.07, 6.45) is 1.08. The van der Waals surface area contributed by atoms with Crippen LogP contribution < -0.4 is 10.5 Å². The van der Waals surface area contributed by atoms with E-state index in [2.05, 4.69) is 13.8 Å². The Morgan fingerprint density at radius 2 is 1.75 bits per heavy atom. The van der Waals surface area contributed by atoms with Gasteiger partial charge in [0.15, 0.2) is 0 Å². The first-order chi connectivity index (χ1) is 7.40. The van der Waals surface area contributed by atoms with Gasteiger partial charge in [-0.05, 0) is 25.3 Å². The van der Waals surface area contributed by atoms with Crippen molar-refractivity contribution in [2.24, 2.45) is 5.92 Å². The normalized spacial score (nSPS) is 12.9. The molecule has 1 rings (SSSR count). The van der Waals surface area contributed by atoms with E-state index in [1.807, 2.05) is 6.92 Å². The zero-order valence-electron chi connectivity index (χ0n) is 9.76. The van der Waals surface area contributed by atoms with E-state index >= 15 is 0 Å². The molecule has 4 heteroatoms. The zero-order chi connectivity index (χ0) is 12.3. The first kappa shape index (κ1) is 13.5. The molecule has 16 heavy (non-hydrogen) atoms. The Morgan fingerprint density at radius 1 is 1.19 bits per heavy atom. The maximum Gasteiger partial charge on any atom is 0.144 e. The van der Waals surface area contributed by atoms with Gasteiger partial charge in [0.1, 0.15) is 5.75 Å². The number of ether oxygens (including phenoxy) is 1. The molecule has 2 nitrogen and oxygen atoms in total. The summed E-state index contributed by atoms with van der Waals surface area (Å²) in [5.74, 6) is 1.18. The molecule has 0 aromatic heterocycles. The molecule has 0 saturated carbocycles. The first-order valence-corrected chi connectivity index (χ1v) is 6.07. The van der Waals surface area contributed by atoms with Crippen LogP contribution in [-0.4, -0.2) is 6.10 Å². The number of hydrogen-bond acceptors (Lipinski definition) is 2. The highest BCUT2D eigenvalue weighted by Gasteiger charge is 2.11. The van der Waals surface area contributed by atoms with Crippen LogP contribution in [0.1, 0.15) is 27.2 Å². The Labute approximate surface area is 107 Å². The predicted molar refractivity (Wildman–Crippen MR) is 70.4 cm³/mol. The monoisotopic (exact) mass is 261 g/mol. The van der Waals surface area contributed by atoms with E-state index in [0.29, 0.717) is 27.4 Å². The minimum Gasteiger partial charge on any atom is -0.488 e. The third-order valence-corrected chi connectivity index (χ3v) is 2.91. The Hall–Kier alpha value is -0.600. The molecular weight excluding hydrogens is 245 g/mol. The zero-order valence-corrected chi connectivity index (χ0v) is 11.3. The van der Waals surface area contributed by atoms with Crippen molar-refractivity contribution in [3.05, 3.63) is 22.2 Å². The standard InChI is InChI=1S/C12H17Cl2NO/c1-7(2)4-8(3)16-12-6-10(14)9(13)5-11(12)15/h5-8H,4,15H2,1-3H3. The van der Waals surface area contributed by atoms with Gasteiger partial charge in [0.25, 0.3) is 0 Å². The Morgan fingerprint density at radius 3 is 2.31 bits per heavy atom. The molecule has 0 aliphatic heterocycles. The van der Waals surface area contributed by atoms with E-state index in [1.165, 1.54) is 0 Å². The number of anilines is 1. The van der Waals surface area contributed by atoms with E-state index in [0.717, 1.165) is 6.42 Å². The third kappa shape index (κ3) is 3.76. The van der Waals surface area contributed by atoms with Crippen LogP contribution in [0.25, 0.3) is 0 Å². The van der Waals surface area contributed by atoms with E-state index < -0.39 is 0 Å². The minimum atomic E-state index is 0.111. The average molecular weight is 262 g/mol. The first-order valence-electron chi connectivity index (χ1n) is 5.31. The van der Waals surface area contributed by atoms with Gasteiger partial charge in [-0.3, -0.25) is 0 Å². The third-order valence-electron chi connectivity index (χ3n) is 2.18. The maximum atomic E-state index is 5.91. The summed E-state index contributed by atoms with van der Waals surface area (Å²) in [7, 11) is 0. The van der Waals surface area contributed by atoms with Gasteiger partial charge in [-0.25, -0.2) is 0 Å². The van der Waals surface area contributed by atoms with Crippen LogP contribution in [-0.2, 0) is 0 Å². The van der Waals surface area contributed by atoms with Crippen molar-refractivity contribution in [3.8, 4) is 5.75 Å². The number of benzene rings is 1. The van der Waals surface area contributed by atoms with Gasteiger partial charge < -0.3 is 10.5 Å². The van der Waals surface area contributed by atoms with Crippen molar-refractivity contribution in [2.75, 3.05) is 5.73 Å². The van der Waals surface area contributed by atoms with E-state index in [4.69, 9.17) is 33.7 Å². The van der Waals surface area contributed by atoms with Crippen molar-refractivity contribution in [3.63, 3.8) is 0 Å². The summed E-state index contributed by atoms with van der Waals surface area (Å²) < 4.78 is 5.72. The lowest BCUT2D eigenvalue weighted by Gasteiger charge is -2.18. The Balaban J connectivity index is 2.77. The van der Waals surface area contributed by atoms with Gasteiger partial charge in [-0.1, -0.05) is 37.0 Å². The quantitative estimate of drug-likeness (QED) is 0.817. The summed E-state index contributed by atoms with van der Waals surface area (Å²) in [4.78, 5) is 0. The van der Waals surface area contributed by atoms with Crippen molar-refractivity contribution in [1.29, 1.82) is 0 Å². The van der Waals surface area contributed by atoms with Gasteiger partial charge in [-0.15, -0.1) is 0 Å². The highest BCUT2D eigenvalue weighted by Crippen LogP contribution is 2.33. The van der Waals surface area contributed by atoms with Crippen molar-refractivity contribution < 1.29 is 4.74 Å². The fraction of sp³-hybridized carbons (Fsp3) is 0.500. The predicted octanol–water partition coefficient (Wildman–Crippen LogP) is 4.39. The van der Waals surface area contributed by atoms with Gasteiger partial charge in [0, 0.05) is 6.07 Å². The highest BCUT2D eigenvalue weighted by atomic mass is 35.5. The second kappa shape index (κ2) is 5.65. The molecule has 0 spiro atoms. The van der Waals surface area contributed by atoms with Gasteiger partial charge >= 0.3 is 0 Å². The van der Waals surface area contributed by atoms with Crippen LogP contribution in [0.15, 0.2) is 12.1 Å². The summed E-state index contributed by atoms with van der Waals surface area (Å²) in [6.45, 7) is 6.32. The van der Waals surface area contributed by atoms with E-state index in [9.17, 15) is 0 Å². The molecule has 2 N–H and O–H groups in total. The molecule has 0 aliphatic rings. The molecule has 1 aromatic carbocycles. The summed E-state index contributed by atoms with van der Waals surface area (Å²) in [5.41, 5.74) is 6.32. The van der Waals surface area contributed by atoms with E-state index in [-0.39, 0.29) is 6.10 Å². The molecule has 1 atom stereocenters. The number of rotatable bonds is 4. The number of halogens is 2. The van der Waals surface area contributed by atoms with Gasteiger partial charge in [0.05, 0.1) is 21.8 Å². The molecule has 0 saturated heterocycles. The van der Waals surface area contributed by atoms with Crippen LogP contribution in [0, 0.1) is 5.92 Å². The number of hydrogen-bond donors (Lipinski definition) is 1. The molecular formula is C12H17Cl2NO. The van der Waals surface area contributed by atoms with Crippen molar-refractivity contribution in [2.45, 2.75) is 33.3 Å². The second-order valence-electron chi connectivity index (χ2n) is 4.36. The molecule has 0 radical (unpaired) electrons. The minimum absolute atomic E-state index is 0.111. The number of nitrogen functional groups attached to an aromatic ring is 1. The SMILES string of the molecule is CC(C)CC(C)Oc1cc(Cl)c(Cl)cc1N. The molecule has 1 aromatic rings. The lowest BCUT2D eigenvalue weighted by Crippen LogP contribution is -2.15. The lowest BCUT2D eigenvalue weighted by molar-refractivity contribution is 0.194. The molecule has 0 heterocycles. The summed E-state index contributed by atoms with van der Waals surface area (Å²) in [6, 6.07) is 3.28. The van der Waals surface area contributed by atoms with Crippen molar-refractivity contribution in [1.82, 2.24) is 0 Å². The van der Waals surface area contributed by atoms with Crippen LogP contribution in [0.5, 0.6) is 5.75 Å². The summed E-state index contributed by atoms with van der Waals surface area (Å²) in [5, 5.41) is 0.908. The highest BCUT2D eigenvalue weighted by molar-refractivity contribution is 6.42. The Bertz CT molecular complexity index is 366. The molecule has 0 amide bonds. The van der Waals surface area contributed by atoms with Crippen LogP contribution in [0.3, 0.4) is 0 Å². The van der Waals surface area contributed by atoms with Gasteiger partial charge in [0.2, 0.25) is 0 Å². The fourth-order valence-corrected chi connectivity index (χ4v) is 1.90.